The summed E-state index contributed by atoms with van der Waals surface area (Å²) < 4.78 is 28.3. The molecule has 0 unspecified atom stereocenters. The predicted molar refractivity (Wildman–Crippen MR) is 113 cm³/mol. The second-order valence-electron chi connectivity index (χ2n) is 7.69. The molecule has 1 saturated heterocycles. The highest BCUT2D eigenvalue weighted by Gasteiger charge is 2.37. The molecule has 1 aromatic carbocycles. The summed E-state index contributed by atoms with van der Waals surface area (Å²) in [4.78, 5) is 29.9. The molecule has 156 valence electrons. The van der Waals surface area contributed by atoms with Gasteiger partial charge in [-0.15, -0.1) is 0 Å². The molecule has 0 spiro atoms. The van der Waals surface area contributed by atoms with Crippen molar-refractivity contribution in [2.24, 2.45) is 19.2 Å². The number of hydrogen-bond donors (Lipinski definition) is 0. The van der Waals surface area contributed by atoms with Crippen molar-refractivity contribution in [2.75, 3.05) is 16.5 Å². The van der Waals surface area contributed by atoms with Crippen LogP contribution in [0, 0.1) is 0 Å². The summed E-state index contributed by atoms with van der Waals surface area (Å²) in [5, 5.41) is 6.36. The normalized spacial score (nSPS) is 20.4. The molecule has 0 radical (unpaired) electrons. The maximum atomic E-state index is 12.9. The van der Waals surface area contributed by atoms with Crippen molar-refractivity contribution in [3.8, 4) is 0 Å². The number of benzene rings is 1. The average molecular weight is 428 g/mol. The molecular weight excluding hydrogens is 408 g/mol. The Kier molecular flexibility index (Phi) is 4.01. The summed E-state index contributed by atoms with van der Waals surface area (Å²) in [5.74, 6) is 0.439. The van der Waals surface area contributed by atoms with Crippen LogP contribution in [0.25, 0.3) is 11.2 Å². The van der Waals surface area contributed by atoms with Gasteiger partial charge in [0, 0.05) is 14.1 Å². The van der Waals surface area contributed by atoms with E-state index in [4.69, 9.17) is 5.10 Å². The average Bonchev–Trinajstić information content (AvgIpc) is 3.30. The van der Waals surface area contributed by atoms with Crippen LogP contribution >= 0.6 is 0 Å². The molecular formula is C19H20N6O4S. The Morgan fingerprint density at radius 1 is 1.07 bits per heavy atom. The quantitative estimate of drug-likeness (QED) is 0.561. The number of aromatic nitrogens is 4. The first-order chi connectivity index (χ1) is 14.3. The largest absolute Gasteiger partial charge is 0.332 e. The van der Waals surface area contributed by atoms with Crippen LogP contribution in [-0.4, -0.2) is 50.4 Å². The second-order valence-corrected chi connectivity index (χ2v) is 9.92. The zero-order valence-electron chi connectivity index (χ0n) is 16.5. The Balaban J connectivity index is 1.77. The monoisotopic (exact) mass is 428 g/mol. The van der Waals surface area contributed by atoms with E-state index in [1.54, 1.807) is 16.6 Å². The lowest BCUT2D eigenvalue weighted by atomic mass is 10.1. The van der Waals surface area contributed by atoms with Gasteiger partial charge in [-0.2, -0.15) is 10.1 Å². The van der Waals surface area contributed by atoms with Crippen LogP contribution in [0.1, 0.15) is 12.0 Å². The van der Waals surface area contributed by atoms with Crippen LogP contribution in [0.2, 0.25) is 0 Å². The van der Waals surface area contributed by atoms with Crippen molar-refractivity contribution in [3.05, 3.63) is 56.7 Å². The maximum Gasteiger partial charge on any atom is 0.332 e. The van der Waals surface area contributed by atoms with Crippen LogP contribution in [-0.2, 0) is 30.5 Å². The number of hydrazone groups is 1. The summed E-state index contributed by atoms with van der Waals surface area (Å²) >= 11 is 0. The van der Waals surface area contributed by atoms with Crippen molar-refractivity contribution in [1.82, 2.24) is 18.7 Å². The van der Waals surface area contributed by atoms with Crippen molar-refractivity contribution < 1.29 is 8.42 Å². The van der Waals surface area contributed by atoms with Crippen molar-refractivity contribution in [2.45, 2.75) is 19.0 Å². The van der Waals surface area contributed by atoms with E-state index in [0.29, 0.717) is 30.1 Å². The third-order valence-electron chi connectivity index (χ3n) is 5.73. The van der Waals surface area contributed by atoms with Gasteiger partial charge in [0.05, 0.1) is 29.8 Å². The summed E-state index contributed by atoms with van der Waals surface area (Å²) in [7, 11) is -0.165. The SMILES string of the molecule is Cn1c(=O)c2c(nc3n2CC(c2ccccc2)=NN3[C@H]2CCS(=O)(=O)C2)n(C)c1=O. The highest BCUT2D eigenvalue weighted by Crippen LogP contribution is 2.30. The Labute approximate surface area is 171 Å². The van der Waals surface area contributed by atoms with Crippen molar-refractivity contribution >= 4 is 32.7 Å². The fraction of sp³-hybridized carbons (Fsp3) is 0.368. The van der Waals surface area contributed by atoms with E-state index in [9.17, 15) is 18.0 Å². The first-order valence-corrected chi connectivity index (χ1v) is 11.4. The first kappa shape index (κ1) is 18.8. The van der Waals surface area contributed by atoms with Crippen LogP contribution in [0.15, 0.2) is 45.0 Å². The Morgan fingerprint density at radius 3 is 2.47 bits per heavy atom. The zero-order valence-corrected chi connectivity index (χ0v) is 17.3. The Morgan fingerprint density at radius 2 is 1.80 bits per heavy atom. The van der Waals surface area contributed by atoms with Gasteiger partial charge >= 0.3 is 5.69 Å². The molecule has 0 amide bonds. The molecule has 4 heterocycles. The van der Waals surface area contributed by atoms with E-state index < -0.39 is 21.1 Å². The third kappa shape index (κ3) is 2.72. The zero-order chi connectivity index (χ0) is 21.2. The molecule has 0 saturated carbocycles. The van der Waals surface area contributed by atoms with Gasteiger partial charge in [-0.25, -0.2) is 18.2 Å². The number of sulfone groups is 1. The first-order valence-electron chi connectivity index (χ1n) is 9.55. The van der Waals surface area contributed by atoms with Crippen LogP contribution in [0.3, 0.4) is 0 Å². The molecule has 11 heteroatoms. The molecule has 30 heavy (non-hydrogen) atoms. The van der Waals surface area contributed by atoms with E-state index in [1.165, 1.54) is 11.6 Å². The smallest absolute Gasteiger partial charge is 0.297 e. The number of imidazole rings is 1. The molecule has 2 aliphatic heterocycles. The van der Waals surface area contributed by atoms with Gasteiger partial charge in [0.1, 0.15) is 0 Å². The minimum absolute atomic E-state index is 0.0291. The molecule has 2 aromatic heterocycles. The van der Waals surface area contributed by atoms with Crippen LogP contribution in [0.5, 0.6) is 0 Å². The lowest BCUT2D eigenvalue weighted by Gasteiger charge is -2.30. The van der Waals surface area contributed by atoms with E-state index >= 15 is 0 Å². The molecule has 10 nitrogen and oxygen atoms in total. The summed E-state index contributed by atoms with van der Waals surface area (Å²) in [6, 6.07) is 9.14. The molecule has 0 N–H and O–H groups in total. The molecule has 2 aliphatic rings. The number of fused-ring (bicyclic) bond motifs is 3. The van der Waals surface area contributed by atoms with Gasteiger partial charge in [0.2, 0.25) is 5.95 Å². The van der Waals surface area contributed by atoms with E-state index in [2.05, 4.69) is 4.98 Å². The van der Waals surface area contributed by atoms with Crippen LogP contribution in [0.4, 0.5) is 5.95 Å². The second kappa shape index (κ2) is 6.39. The van der Waals surface area contributed by atoms with E-state index in [1.807, 2.05) is 30.3 Å². The Hall–Kier alpha value is -3.21. The Bertz CT molecular complexity index is 1430. The number of anilines is 1. The van der Waals surface area contributed by atoms with Gasteiger partial charge in [0.15, 0.2) is 21.0 Å². The molecule has 0 bridgehead atoms. The maximum absolute atomic E-state index is 12.9. The predicted octanol–water partition coefficient (Wildman–Crippen LogP) is -0.155. The van der Waals surface area contributed by atoms with E-state index in [0.717, 1.165) is 10.1 Å². The van der Waals surface area contributed by atoms with Crippen molar-refractivity contribution in [1.29, 1.82) is 0 Å². The minimum atomic E-state index is -3.16. The fourth-order valence-electron chi connectivity index (χ4n) is 4.11. The van der Waals surface area contributed by atoms with Gasteiger partial charge in [0.25, 0.3) is 5.56 Å². The highest BCUT2D eigenvalue weighted by atomic mass is 32.2. The molecule has 0 aliphatic carbocycles. The number of nitrogens with zero attached hydrogens (tertiary/aromatic N) is 6. The fourth-order valence-corrected chi connectivity index (χ4v) is 5.80. The molecule has 1 atom stereocenters. The van der Waals surface area contributed by atoms with Crippen LogP contribution < -0.4 is 16.3 Å². The minimum Gasteiger partial charge on any atom is -0.297 e. The summed E-state index contributed by atoms with van der Waals surface area (Å²) in [5.41, 5.74) is 1.21. The van der Waals surface area contributed by atoms with Gasteiger partial charge < -0.3 is 0 Å². The molecule has 5 rings (SSSR count). The lowest BCUT2D eigenvalue weighted by molar-refractivity contribution is 0.595. The van der Waals surface area contributed by atoms with Gasteiger partial charge in [-0.05, 0) is 12.0 Å². The van der Waals surface area contributed by atoms with Gasteiger partial charge in [-0.1, -0.05) is 30.3 Å². The summed E-state index contributed by atoms with van der Waals surface area (Å²) in [6.45, 7) is 0.291. The number of aryl methyl sites for hydroxylation is 1. The standard InChI is InChI=1S/C19H20N6O4S/c1-22-16-15(17(26)23(2)19(22)27)24-10-14(12-6-4-3-5-7-12)21-25(18(24)20-16)13-8-9-30(28,29)11-13/h3-7,13H,8-11H2,1-2H3/t13-/m0/s1. The number of rotatable bonds is 2. The van der Waals surface area contributed by atoms with Gasteiger partial charge in [-0.3, -0.25) is 18.5 Å². The summed E-state index contributed by atoms with van der Waals surface area (Å²) in [6.07, 6.45) is 0.425. The molecule has 1 fully saturated rings. The molecule has 3 aromatic rings. The van der Waals surface area contributed by atoms with Crippen molar-refractivity contribution in [3.63, 3.8) is 0 Å². The number of hydrogen-bond acceptors (Lipinski definition) is 7. The lowest BCUT2D eigenvalue weighted by Crippen LogP contribution is -2.40. The third-order valence-corrected chi connectivity index (χ3v) is 7.48. The van der Waals surface area contributed by atoms with E-state index in [-0.39, 0.29) is 23.2 Å². The topological polar surface area (TPSA) is 112 Å². The highest BCUT2D eigenvalue weighted by molar-refractivity contribution is 7.91.